The summed E-state index contributed by atoms with van der Waals surface area (Å²) in [6.07, 6.45) is 6.85. The van der Waals surface area contributed by atoms with Gasteiger partial charge in [0.1, 0.15) is 6.33 Å². The smallest absolute Gasteiger partial charge is 0.291 e. The Kier molecular flexibility index (Phi) is 5.81. The number of hydrogen-bond donors (Lipinski definition) is 1. The van der Waals surface area contributed by atoms with Gasteiger partial charge in [0.15, 0.2) is 0 Å². The molecule has 4 aromatic heterocycles. The van der Waals surface area contributed by atoms with Crippen LogP contribution in [0, 0.1) is 0 Å². The molecule has 11 nitrogen and oxygen atoms in total. The zero-order valence-corrected chi connectivity index (χ0v) is 19.0. The van der Waals surface area contributed by atoms with Crippen LogP contribution in [0.2, 0.25) is 0 Å². The van der Waals surface area contributed by atoms with E-state index in [1.54, 1.807) is 20.0 Å². The fraction of sp³-hybridized carbons (Fsp3) is 0.261. The molecule has 0 saturated heterocycles. The van der Waals surface area contributed by atoms with Gasteiger partial charge in [-0.25, -0.2) is 14.0 Å². The summed E-state index contributed by atoms with van der Waals surface area (Å²) in [4.78, 5) is 22.3. The first-order valence-electron chi connectivity index (χ1n) is 11.2. The van der Waals surface area contributed by atoms with Crippen molar-refractivity contribution in [2.45, 2.75) is 39.8 Å². The maximum atomic E-state index is 13.3. The molecule has 0 radical (unpaired) electrons. The molecular formula is C23H24N10O. The first kappa shape index (κ1) is 21.4. The van der Waals surface area contributed by atoms with Gasteiger partial charge in [0.25, 0.3) is 0 Å². The summed E-state index contributed by atoms with van der Waals surface area (Å²) in [5.41, 5.74) is 4.27. The van der Waals surface area contributed by atoms with Gasteiger partial charge in [0.05, 0.1) is 12.2 Å². The molecule has 11 heteroatoms. The minimum Gasteiger partial charge on any atom is -0.291 e. The van der Waals surface area contributed by atoms with Gasteiger partial charge in [-0.3, -0.25) is 9.55 Å². The van der Waals surface area contributed by atoms with Crippen molar-refractivity contribution >= 4 is 0 Å². The number of hydrogen-bond acceptors (Lipinski definition) is 7. The number of tetrazole rings is 1. The van der Waals surface area contributed by atoms with E-state index in [9.17, 15) is 4.79 Å². The molecule has 0 aliphatic rings. The van der Waals surface area contributed by atoms with Gasteiger partial charge in [-0.15, -0.1) is 10.2 Å². The second-order valence-electron chi connectivity index (χ2n) is 7.82. The first-order chi connectivity index (χ1) is 16.7. The van der Waals surface area contributed by atoms with Crippen LogP contribution >= 0.6 is 0 Å². The first-order valence-corrected chi connectivity index (χ1v) is 11.2. The van der Waals surface area contributed by atoms with E-state index in [4.69, 9.17) is 0 Å². The number of imidazole rings is 1. The predicted molar refractivity (Wildman–Crippen MR) is 125 cm³/mol. The van der Waals surface area contributed by atoms with Gasteiger partial charge in [-0.1, -0.05) is 43.7 Å². The van der Waals surface area contributed by atoms with Crippen LogP contribution in [-0.2, 0) is 19.5 Å². The quantitative estimate of drug-likeness (QED) is 0.380. The summed E-state index contributed by atoms with van der Waals surface area (Å²) in [6, 6.07) is 11.7. The number of H-pyrrole nitrogens is 1. The van der Waals surface area contributed by atoms with Crippen LogP contribution in [0.4, 0.5) is 0 Å². The molecule has 0 unspecified atom stereocenters. The van der Waals surface area contributed by atoms with Crippen LogP contribution in [0.5, 0.6) is 0 Å². The Morgan fingerprint density at radius 3 is 2.59 bits per heavy atom. The maximum absolute atomic E-state index is 13.3. The zero-order chi connectivity index (χ0) is 23.5. The molecular weight excluding hydrogens is 432 g/mol. The Balaban J connectivity index is 1.47. The fourth-order valence-corrected chi connectivity index (χ4v) is 4.00. The molecule has 4 heterocycles. The molecule has 34 heavy (non-hydrogen) atoms. The van der Waals surface area contributed by atoms with Gasteiger partial charge in [-0.05, 0) is 30.2 Å². The number of pyridine rings is 1. The highest BCUT2D eigenvalue weighted by atomic mass is 16.2. The molecule has 0 saturated carbocycles. The Hall–Kier alpha value is -4.41. The minimum absolute atomic E-state index is 0.141. The highest BCUT2D eigenvalue weighted by molar-refractivity contribution is 5.78. The average Bonchev–Trinajstić information content (AvgIpc) is 3.62. The summed E-state index contributed by atoms with van der Waals surface area (Å²) in [5, 5.41) is 18.5. The van der Waals surface area contributed by atoms with E-state index in [2.05, 4.69) is 42.6 Å². The van der Waals surface area contributed by atoms with Crippen LogP contribution < -0.4 is 5.69 Å². The van der Waals surface area contributed by atoms with Crippen LogP contribution in [0.3, 0.4) is 0 Å². The Morgan fingerprint density at radius 1 is 1.03 bits per heavy atom. The zero-order valence-electron chi connectivity index (χ0n) is 19.0. The molecule has 0 amide bonds. The molecule has 0 fully saturated rings. The molecule has 1 aromatic carbocycles. The van der Waals surface area contributed by atoms with Gasteiger partial charge in [-0.2, -0.15) is 15.3 Å². The number of benzene rings is 1. The number of aryl methyl sites for hydroxylation is 2. The lowest BCUT2D eigenvalue weighted by Crippen LogP contribution is -2.26. The molecule has 0 bridgehead atoms. The highest BCUT2D eigenvalue weighted by Gasteiger charge is 2.17. The van der Waals surface area contributed by atoms with Crippen molar-refractivity contribution in [2.24, 2.45) is 0 Å². The maximum Gasteiger partial charge on any atom is 0.335 e. The standard InChI is InChI=1S/C23H24N10O/c1-3-7-17-14-32(22-25-15-26-33(22)4-2)23(34)31(17)13-16-10-11-20(24-12-16)18-8-5-6-9-19(18)21-27-29-30-28-21/h5-6,8-12,14-15H,3-4,7,13H2,1-2H3,(H,27,28,29,30). The second kappa shape index (κ2) is 9.22. The van der Waals surface area contributed by atoms with Crippen molar-refractivity contribution in [3.05, 3.63) is 76.9 Å². The van der Waals surface area contributed by atoms with Crippen LogP contribution in [0.15, 0.2) is 59.9 Å². The van der Waals surface area contributed by atoms with E-state index in [1.807, 2.05) is 49.5 Å². The number of aromatic nitrogens is 10. The van der Waals surface area contributed by atoms with E-state index in [0.29, 0.717) is 24.9 Å². The minimum atomic E-state index is -0.141. The van der Waals surface area contributed by atoms with Crippen molar-refractivity contribution in [1.82, 2.24) is 49.5 Å². The highest BCUT2D eigenvalue weighted by Crippen LogP contribution is 2.28. The molecule has 0 aliphatic heterocycles. The van der Waals surface area contributed by atoms with Crippen molar-refractivity contribution in [3.63, 3.8) is 0 Å². The summed E-state index contributed by atoms with van der Waals surface area (Å²) in [5.74, 6) is 1.04. The molecule has 5 rings (SSSR count). The lowest BCUT2D eigenvalue weighted by molar-refractivity contribution is 0.620. The van der Waals surface area contributed by atoms with Crippen molar-refractivity contribution in [2.75, 3.05) is 0 Å². The second-order valence-corrected chi connectivity index (χ2v) is 7.82. The topological polar surface area (TPSA) is 125 Å². The van der Waals surface area contributed by atoms with E-state index in [1.165, 1.54) is 6.33 Å². The van der Waals surface area contributed by atoms with E-state index in [0.717, 1.165) is 40.9 Å². The molecule has 0 atom stereocenters. The van der Waals surface area contributed by atoms with Crippen LogP contribution in [0.25, 0.3) is 28.6 Å². The lowest BCUT2D eigenvalue weighted by Gasteiger charge is -2.09. The SMILES string of the molecule is CCCc1cn(-c2ncnn2CC)c(=O)n1Cc1ccc(-c2ccccc2-c2nn[nH]n2)nc1. The summed E-state index contributed by atoms with van der Waals surface area (Å²) < 4.78 is 5.06. The van der Waals surface area contributed by atoms with Gasteiger partial charge in [0.2, 0.25) is 11.8 Å². The van der Waals surface area contributed by atoms with E-state index >= 15 is 0 Å². The number of aromatic amines is 1. The van der Waals surface area contributed by atoms with Crippen molar-refractivity contribution in [1.29, 1.82) is 0 Å². The van der Waals surface area contributed by atoms with E-state index in [-0.39, 0.29) is 5.69 Å². The van der Waals surface area contributed by atoms with Crippen LogP contribution in [0.1, 0.15) is 31.5 Å². The van der Waals surface area contributed by atoms with Gasteiger partial charge in [0, 0.05) is 35.8 Å². The van der Waals surface area contributed by atoms with Crippen molar-refractivity contribution < 1.29 is 0 Å². The van der Waals surface area contributed by atoms with E-state index < -0.39 is 0 Å². The molecule has 5 aromatic rings. The molecule has 0 aliphatic carbocycles. The normalized spacial score (nSPS) is 11.2. The fourth-order valence-electron chi connectivity index (χ4n) is 4.00. The Labute approximate surface area is 195 Å². The summed E-state index contributed by atoms with van der Waals surface area (Å²) in [7, 11) is 0. The number of nitrogens with one attached hydrogen (secondary N) is 1. The predicted octanol–water partition coefficient (Wildman–Crippen LogP) is 2.49. The number of rotatable bonds is 8. The monoisotopic (exact) mass is 456 g/mol. The van der Waals surface area contributed by atoms with Crippen molar-refractivity contribution in [3.8, 4) is 28.6 Å². The largest absolute Gasteiger partial charge is 0.335 e. The average molecular weight is 457 g/mol. The van der Waals surface area contributed by atoms with Gasteiger partial charge >= 0.3 is 5.69 Å². The molecule has 0 spiro atoms. The number of nitrogens with zero attached hydrogens (tertiary/aromatic N) is 9. The third-order valence-corrected chi connectivity index (χ3v) is 5.63. The van der Waals surface area contributed by atoms with Crippen LogP contribution in [-0.4, -0.2) is 49.5 Å². The third kappa shape index (κ3) is 3.91. The summed E-state index contributed by atoms with van der Waals surface area (Å²) >= 11 is 0. The lowest BCUT2D eigenvalue weighted by atomic mass is 10.0. The Bertz CT molecular complexity index is 1440. The summed E-state index contributed by atoms with van der Waals surface area (Å²) in [6.45, 7) is 5.11. The molecule has 1 N–H and O–H groups in total. The van der Waals surface area contributed by atoms with Gasteiger partial charge < -0.3 is 0 Å². The molecule has 172 valence electrons. The Morgan fingerprint density at radius 2 is 1.88 bits per heavy atom. The third-order valence-electron chi connectivity index (χ3n) is 5.63.